The summed E-state index contributed by atoms with van der Waals surface area (Å²) in [6, 6.07) is 7.49. The van der Waals surface area contributed by atoms with Gasteiger partial charge in [-0.15, -0.1) is 0 Å². The molecule has 1 amide bonds. The number of ether oxygens (including phenoxy) is 1. The lowest BCUT2D eigenvalue weighted by Crippen LogP contribution is -2.45. The van der Waals surface area contributed by atoms with E-state index in [-0.39, 0.29) is 17.4 Å². The summed E-state index contributed by atoms with van der Waals surface area (Å²) in [6.07, 6.45) is 0.0768. The lowest BCUT2D eigenvalue weighted by atomic mass is 9.89. The summed E-state index contributed by atoms with van der Waals surface area (Å²) in [6.45, 7) is 10.4. The Labute approximate surface area is 151 Å². The molecule has 1 rings (SSSR count). The van der Waals surface area contributed by atoms with Gasteiger partial charge in [-0.3, -0.25) is 4.79 Å². The van der Waals surface area contributed by atoms with Gasteiger partial charge in [-0.2, -0.15) is 0 Å². The third kappa shape index (κ3) is 7.13. The molecular weight excluding hydrogens is 316 g/mol. The predicted molar refractivity (Wildman–Crippen MR) is 103 cm³/mol. The summed E-state index contributed by atoms with van der Waals surface area (Å²) in [5.74, 6) is 0.642. The van der Waals surface area contributed by atoms with Crippen LogP contribution in [-0.4, -0.2) is 45.2 Å². The fourth-order valence-electron chi connectivity index (χ4n) is 2.40. The monoisotopic (exact) mass is 348 g/mol. The molecule has 0 bridgehead atoms. The summed E-state index contributed by atoms with van der Waals surface area (Å²) in [5, 5.41) is 9.20. The number of rotatable bonds is 7. The predicted octanol–water partition coefficient (Wildman–Crippen LogP) is 2.16. The Hall–Kier alpha value is -2.08. The molecule has 0 aliphatic heterocycles. The minimum atomic E-state index is -0.0935. The van der Waals surface area contributed by atoms with Crippen LogP contribution in [0.15, 0.2) is 29.3 Å². The number of benzene rings is 1. The molecule has 1 aromatic carbocycles. The Balaban J connectivity index is 2.77. The van der Waals surface area contributed by atoms with Crippen molar-refractivity contribution in [2.24, 2.45) is 10.4 Å². The quantitative estimate of drug-likeness (QED) is 0.521. The Morgan fingerprint density at radius 2 is 2.00 bits per heavy atom. The second-order valence-corrected chi connectivity index (χ2v) is 6.95. The molecule has 25 heavy (non-hydrogen) atoms. The molecule has 0 heterocycles. The number of methoxy groups -OCH3 is 1. The van der Waals surface area contributed by atoms with Crippen molar-refractivity contribution in [3.63, 3.8) is 0 Å². The van der Waals surface area contributed by atoms with E-state index in [0.29, 0.717) is 18.7 Å². The van der Waals surface area contributed by atoms with E-state index < -0.39 is 0 Å². The second-order valence-electron chi connectivity index (χ2n) is 6.95. The molecule has 3 N–H and O–H groups in total. The number of carbonyl (C=O) groups excluding carboxylic acids is 1. The van der Waals surface area contributed by atoms with Gasteiger partial charge in [-0.25, -0.2) is 4.99 Å². The molecule has 6 nitrogen and oxygen atoms in total. The van der Waals surface area contributed by atoms with E-state index in [0.717, 1.165) is 18.1 Å². The highest BCUT2D eigenvalue weighted by Crippen LogP contribution is 2.20. The number of nitrogens with one attached hydrogen (secondary N) is 3. The van der Waals surface area contributed by atoms with Crippen molar-refractivity contribution in [1.29, 1.82) is 0 Å². The normalized spacial score (nSPS) is 13.3. The van der Waals surface area contributed by atoms with Crippen LogP contribution in [0.25, 0.3) is 0 Å². The van der Waals surface area contributed by atoms with Gasteiger partial charge in [0.05, 0.1) is 12.6 Å². The molecule has 0 saturated heterocycles. The van der Waals surface area contributed by atoms with Crippen molar-refractivity contribution in [1.82, 2.24) is 16.0 Å². The summed E-state index contributed by atoms with van der Waals surface area (Å²) in [7, 11) is 3.35. The molecule has 0 radical (unpaired) electrons. The van der Waals surface area contributed by atoms with Crippen LogP contribution in [0, 0.1) is 5.41 Å². The first kappa shape index (κ1) is 21.0. The maximum atomic E-state index is 11.7. The number of aliphatic imine (C=N–C) groups is 1. The van der Waals surface area contributed by atoms with Gasteiger partial charge < -0.3 is 20.7 Å². The first-order valence-corrected chi connectivity index (χ1v) is 8.67. The van der Waals surface area contributed by atoms with Crippen molar-refractivity contribution in [2.45, 2.75) is 40.3 Å². The second kappa shape index (κ2) is 10.0. The molecule has 0 aliphatic rings. The van der Waals surface area contributed by atoms with E-state index in [2.05, 4.69) is 41.7 Å². The first-order chi connectivity index (χ1) is 11.8. The molecule has 0 spiro atoms. The Morgan fingerprint density at radius 3 is 2.56 bits per heavy atom. The largest absolute Gasteiger partial charge is 0.379 e. The van der Waals surface area contributed by atoms with Gasteiger partial charge in [0.2, 0.25) is 0 Å². The summed E-state index contributed by atoms with van der Waals surface area (Å²) in [5.41, 5.74) is 1.67. The molecule has 0 saturated carbocycles. The number of nitrogens with zero attached hydrogens (tertiary/aromatic N) is 1. The van der Waals surface area contributed by atoms with Crippen LogP contribution in [0.1, 0.15) is 43.6 Å². The molecule has 140 valence electrons. The third-order valence-corrected chi connectivity index (χ3v) is 3.89. The Morgan fingerprint density at radius 1 is 1.28 bits per heavy atom. The van der Waals surface area contributed by atoms with Crippen molar-refractivity contribution in [3.05, 3.63) is 35.4 Å². The van der Waals surface area contributed by atoms with Gasteiger partial charge in [0.1, 0.15) is 0 Å². The van der Waals surface area contributed by atoms with Crippen LogP contribution in [-0.2, 0) is 11.3 Å². The zero-order valence-corrected chi connectivity index (χ0v) is 16.3. The number of hydrogen-bond acceptors (Lipinski definition) is 3. The smallest absolute Gasteiger partial charge is 0.251 e. The molecular formula is C19H32N4O2. The number of carbonyl (C=O) groups is 1. The molecule has 1 aromatic rings. The fourth-order valence-corrected chi connectivity index (χ4v) is 2.40. The lowest BCUT2D eigenvalue weighted by molar-refractivity contribution is 0.0205. The van der Waals surface area contributed by atoms with Crippen molar-refractivity contribution in [2.75, 3.05) is 27.2 Å². The maximum absolute atomic E-state index is 11.7. The van der Waals surface area contributed by atoms with Crippen LogP contribution in [0.5, 0.6) is 0 Å². The van der Waals surface area contributed by atoms with E-state index in [1.54, 1.807) is 20.2 Å². The van der Waals surface area contributed by atoms with Gasteiger partial charge in [-0.1, -0.05) is 32.9 Å². The van der Waals surface area contributed by atoms with Crippen molar-refractivity contribution in [3.8, 4) is 0 Å². The Bertz CT molecular complexity index is 579. The minimum absolute atomic E-state index is 0.0426. The molecule has 1 unspecified atom stereocenters. The summed E-state index contributed by atoms with van der Waals surface area (Å²) in [4.78, 5) is 16.3. The number of hydrogen-bond donors (Lipinski definition) is 3. The fraction of sp³-hybridized carbons (Fsp3) is 0.579. The molecule has 0 fully saturated rings. The van der Waals surface area contributed by atoms with Gasteiger partial charge in [0.15, 0.2) is 5.96 Å². The molecule has 6 heteroatoms. The van der Waals surface area contributed by atoms with E-state index in [4.69, 9.17) is 4.74 Å². The highest BCUT2D eigenvalue weighted by molar-refractivity contribution is 5.94. The van der Waals surface area contributed by atoms with Crippen molar-refractivity contribution < 1.29 is 9.53 Å². The number of amides is 1. The zero-order valence-electron chi connectivity index (χ0n) is 16.3. The van der Waals surface area contributed by atoms with Crippen LogP contribution in [0.3, 0.4) is 0 Å². The van der Waals surface area contributed by atoms with Crippen LogP contribution < -0.4 is 16.0 Å². The molecule has 0 aromatic heterocycles. The van der Waals surface area contributed by atoms with Gasteiger partial charge in [0.25, 0.3) is 5.91 Å². The molecule has 1 atom stereocenters. The first-order valence-electron chi connectivity index (χ1n) is 8.67. The van der Waals surface area contributed by atoms with E-state index in [1.165, 1.54) is 0 Å². The lowest BCUT2D eigenvalue weighted by Gasteiger charge is -2.30. The van der Waals surface area contributed by atoms with E-state index in [1.807, 2.05) is 25.1 Å². The minimum Gasteiger partial charge on any atom is -0.379 e. The van der Waals surface area contributed by atoms with E-state index in [9.17, 15) is 4.79 Å². The standard InChI is InChI=1S/C19H32N4O2/c1-7-21-18(23-13-16(25-6)19(2,3)4)22-12-14-9-8-10-15(11-14)17(24)20-5/h8-11,16H,7,12-13H2,1-6H3,(H,20,24)(H2,21,22,23). The summed E-state index contributed by atoms with van der Waals surface area (Å²) >= 11 is 0. The average Bonchev–Trinajstić information content (AvgIpc) is 2.58. The zero-order chi connectivity index (χ0) is 18.9. The van der Waals surface area contributed by atoms with Crippen molar-refractivity contribution >= 4 is 11.9 Å². The van der Waals surface area contributed by atoms with Crippen LogP contribution in [0.4, 0.5) is 0 Å². The Kier molecular flexibility index (Phi) is 8.41. The van der Waals surface area contributed by atoms with Crippen LogP contribution >= 0.6 is 0 Å². The number of guanidine groups is 1. The van der Waals surface area contributed by atoms with E-state index >= 15 is 0 Å². The maximum Gasteiger partial charge on any atom is 0.251 e. The molecule has 0 aliphatic carbocycles. The van der Waals surface area contributed by atoms with Gasteiger partial charge in [-0.05, 0) is 30.0 Å². The van der Waals surface area contributed by atoms with Gasteiger partial charge >= 0.3 is 0 Å². The highest BCUT2D eigenvalue weighted by Gasteiger charge is 2.24. The van der Waals surface area contributed by atoms with Crippen LogP contribution in [0.2, 0.25) is 0 Å². The third-order valence-electron chi connectivity index (χ3n) is 3.89. The summed E-state index contributed by atoms with van der Waals surface area (Å²) < 4.78 is 5.57. The SMILES string of the molecule is CCNC(=NCc1cccc(C(=O)NC)c1)NCC(OC)C(C)(C)C. The highest BCUT2D eigenvalue weighted by atomic mass is 16.5. The topological polar surface area (TPSA) is 74.8 Å². The average molecular weight is 348 g/mol. The van der Waals surface area contributed by atoms with Gasteiger partial charge in [0, 0.05) is 32.8 Å².